The fourth-order valence-corrected chi connectivity index (χ4v) is 6.40. The van der Waals surface area contributed by atoms with E-state index in [9.17, 15) is 9.59 Å². The standard InChI is InChI=1S/C42H36N2O2/c1-32(39(45)44-42(36-26-14-5-15-27-36,37-28-16-6-17-29-37)38-30-18-7-19-31-38)43-40(46)41(33-20-8-2-9-21-33,34-22-10-3-11-23-34)35-24-12-4-13-25-35/h2-32H,1H3,(H,43,46)(H,44,45)/t32-/m0/s1. The lowest BCUT2D eigenvalue weighted by molar-refractivity contribution is -0.130. The lowest BCUT2D eigenvalue weighted by Crippen LogP contribution is -2.57. The Kier molecular flexibility index (Phi) is 8.89. The molecule has 4 nitrogen and oxygen atoms in total. The third-order valence-electron chi connectivity index (χ3n) is 8.63. The van der Waals surface area contributed by atoms with Gasteiger partial charge in [0.25, 0.3) is 0 Å². The van der Waals surface area contributed by atoms with Crippen LogP contribution in [0.2, 0.25) is 0 Å². The van der Waals surface area contributed by atoms with Crippen LogP contribution in [0.25, 0.3) is 0 Å². The molecule has 0 aliphatic heterocycles. The van der Waals surface area contributed by atoms with Crippen molar-refractivity contribution >= 4 is 11.8 Å². The Morgan fingerprint density at radius 1 is 0.435 bits per heavy atom. The molecule has 1 atom stereocenters. The molecule has 0 fully saturated rings. The minimum absolute atomic E-state index is 0.288. The van der Waals surface area contributed by atoms with Crippen LogP contribution in [0, 0.1) is 0 Å². The number of benzene rings is 6. The molecule has 0 spiro atoms. The number of nitrogens with one attached hydrogen (secondary N) is 2. The summed E-state index contributed by atoms with van der Waals surface area (Å²) in [6.45, 7) is 1.74. The van der Waals surface area contributed by atoms with Gasteiger partial charge in [-0.25, -0.2) is 0 Å². The molecular formula is C42H36N2O2. The van der Waals surface area contributed by atoms with Gasteiger partial charge in [0.15, 0.2) is 0 Å². The van der Waals surface area contributed by atoms with Crippen LogP contribution in [0.1, 0.15) is 40.3 Å². The number of amides is 2. The van der Waals surface area contributed by atoms with E-state index >= 15 is 0 Å². The summed E-state index contributed by atoms with van der Waals surface area (Å²) >= 11 is 0. The highest BCUT2D eigenvalue weighted by Gasteiger charge is 2.45. The summed E-state index contributed by atoms with van der Waals surface area (Å²) in [7, 11) is 0. The predicted molar refractivity (Wildman–Crippen MR) is 184 cm³/mol. The molecule has 0 unspecified atom stereocenters. The van der Waals surface area contributed by atoms with Crippen molar-refractivity contribution in [1.29, 1.82) is 0 Å². The molecule has 6 aromatic rings. The Hall–Kier alpha value is -5.74. The molecule has 0 heterocycles. The average molecular weight is 601 g/mol. The van der Waals surface area contributed by atoms with Crippen LogP contribution in [0.15, 0.2) is 182 Å². The van der Waals surface area contributed by atoms with Gasteiger partial charge in [-0.15, -0.1) is 0 Å². The van der Waals surface area contributed by atoms with Crippen molar-refractivity contribution in [2.75, 3.05) is 0 Å². The second kappa shape index (κ2) is 13.5. The maximum Gasteiger partial charge on any atom is 0.243 e. The molecule has 0 aromatic heterocycles. The molecule has 2 N–H and O–H groups in total. The van der Waals surface area contributed by atoms with Crippen molar-refractivity contribution in [1.82, 2.24) is 10.6 Å². The minimum Gasteiger partial charge on any atom is -0.343 e. The Balaban J connectivity index is 1.43. The summed E-state index contributed by atoms with van der Waals surface area (Å²) < 4.78 is 0. The highest BCUT2D eigenvalue weighted by Crippen LogP contribution is 2.40. The van der Waals surface area contributed by atoms with Gasteiger partial charge in [-0.2, -0.15) is 0 Å². The van der Waals surface area contributed by atoms with Gasteiger partial charge in [-0.05, 0) is 40.3 Å². The minimum atomic E-state index is -1.20. The van der Waals surface area contributed by atoms with Gasteiger partial charge in [0.05, 0.1) is 0 Å². The van der Waals surface area contributed by atoms with Crippen molar-refractivity contribution in [3.05, 3.63) is 215 Å². The van der Waals surface area contributed by atoms with Crippen LogP contribution < -0.4 is 10.6 Å². The second-order valence-electron chi connectivity index (χ2n) is 11.4. The molecule has 4 heteroatoms. The number of hydrogen-bond acceptors (Lipinski definition) is 2. The molecule has 0 bridgehead atoms. The Labute approximate surface area is 270 Å². The third-order valence-corrected chi connectivity index (χ3v) is 8.63. The number of hydrogen-bond donors (Lipinski definition) is 2. The molecule has 6 rings (SSSR count). The van der Waals surface area contributed by atoms with E-state index in [0.29, 0.717) is 0 Å². The zero-order valence-electron chi connectivity index (χ0n) is 25.7. The van der Waals surface area contributed by atoms with E-state index in [2.05, 4.69) is 10.6 Å². The maximum absolute atomic E-state index is 14.9. The van der Waals surface area contributed by atoms with Crippen LogP contribution in [0.3, 0.4) is 0 Å². The van der Waals surface area contributed by atoms with Crippen molar-refractivity contribution in [3.63, 3.8) is 0 Å². The largest absolute Gasteiger partial charge is 0.343 e. The van der Waals surface area contributed by atoms with Gasteiger partial charge in [0.1, 0.15) is 17.0 Å². The lowest BCUT2D eigenvalue weighted by atomic mass is 9.68. The molecule has 0 radical (unpaired) electrons. The fourth-order valence-electron chi connectivity index (χ4n) is 6.40. The summed E-state index contributed by atoms with van der Waals surface area (Å²) in [5.74, 6) is -0.600. The van der Waals surface area contributed by atoms with E-state index in [1.165, 1.54) is 0 Å². The molecule has 0 saturated carbocycles. The van der Waals surface area contributed by atoms with E-state index in [-0.39, 0.29) is 11.8 Å². The summed E-state index contributed by atoms with van der Waals surface area (Å²) in [6, 6.07) is 58.2. The summed E-state index contributed by atoms with van der Waals surface area (Å²) in [6.07, 6.45) is 0. The van der Waals surface area contributed by atoms with Crippen LogP contribution in [0.4, 0.5) is 0 Å². The zero-order valence-corrected chi connectivity index (χ0v) is 25.7. The van der Waals surface area contributed by atoms with Gasteiger partial charge in [0.2, 0.25) is 11.8 Å². The van der Waals surface area contributed by atoms with E-state index in [0.717, 1.165) is 33.4 Å². The van der Waals surface area contributed by atoms with Crippen LogP contribution in [-0.2, 0) is 20.5 Å². The third kappa shape index (κ3) is 5.62. The van der Waals surface area contributed by atoms with Gasteiger partial charge < -0.3 is 10.6 Å². The first kappa shape index (κ1) is 30.3. The molecule has 6 aromatic carbocycles. The van der Waals surface area contributed by atoms with Gasteiger partial charge >= 0.3 is 0 Å². The van der Waals surface area contributed by atoms with Gasteiger partial charge in [-0.3, -0.25) is 9.59 Å². The predicted octanol–water partition coefficient (Wildman–Crippen LogP) is 7.63. The molecule has 46 heavy (non-hydrogen) atoms. The Morgan fingerprint density at radius 3 is 0.978 bits per heavy atom. The smallest absolute Gasteiger partial charge is 0.243 e. The van der Waals surface area contributed by atoms with Gasteiger partial charge in [0, 0.05) is 0 Å². The van der Waals surface area contributed by atoms with E-state index < -0.39 is 17.0 Å². The van der Waals surface area contributed by atoms with Crippen LogP contribution in [-0.4, -0.2) is 17.9 Å². The summed E-state index contributed by atoms with van der Waals surface area (Å²) in [5, 5.41) is 6.54. The first-order valence-electron chi connectivity index (χ1n) is 15.5. The highest BCUT2D eigenvalue weighted by atomic mass is 16.2. The van der Waals surface area contributed by atoms with E-state index in [1.54, 1.807) is 6.92 Å². The highest BCUT2D eigenvalue weighted by molar-refractivity contribution is 5.99. The zero-order chi connectivity index (χ0) is 31.8. The van der Waals surface area contributed by atoms with Crippen LogP contribution in [0.5, 0.6) is 0 Å². The topological polar surface area (TPSA) is 58.2 Å². The first-order valence-corrected chi connectivity index (χ1v) is 15.5. The molecule has 0 aliphatic rings. The maximum atomic E-state index is 14.9. The van der Waals surface area contributed by atoms with E-state index in [1.807, 2.05) is 182 Å². The summed E-state index contributed by atoms with van der Waals surface area (Å²) in [4.78, 5) is 29.3. The Bertz CT molecular complexity index is 1670. The Morgan fingerprint density at radius 2 is 0.696 bits per heavy atom. The monoisotopic (exact) mass is 600 g/mol. The second-order valence-corrected chi connectivity index (χ2v) is 11.4. The average Bonchev–Trinajstić information content (AvgIpc) is 3.13. The van der Waals surface area contributed by atoms with E-state index in [4.69, 9.17) is 0 Å². The van der Waals surface area contributed by atoms with Crippen molar-refractivity contribution < 1.29 is 9.59 Å². The van der Waals surface area contributed by atoms with Crippen LogP contribution >= 0.6 is 0 Å². The lowest BCUT2D eigenvalue weighted by Gasteiger charge is -2.38. The molecule has 0 saturated heterocycles. The quantitative estimate of drug-likeness (QED) is 0.159. The first-order chi connectivity index (χ1) is 22.6. The molecule has 226 valence electrons. The number of carbonyl (C=O) groups is 2. The SMILES string of the molecule is C[C@H](NC(=O)C(c1ccccc1)(c1ccccc1)c1ccccc1)C(=O)NC(c1ccccc1)(c1ccccc1)c1ccccc1. The van der Waals surface area contributed by atoms with Crippen molar-refractivity contribution in [2.45, 2.75) is 23.9 Å². The molecule has 0 aliphatic carbocycles. The number of rotatable bonds is 10. The summed E-state index contributed by atoms with van der Waals surface area (Å²) in [5.41, 5.74) is 2.95. The van der Waals surface area contributed by atoms with Crippen molar-refractivity contribution in [3.8, 4) is 0 Å². The fraction of sp³-hybridized carbons (Fsp3) is 0.0952. The molecule has 2 amide bonds. The number of carbonyl (C=O) groups excluding carboxylic acids is 2. The normalized spacial score (nSPS) is 12.1. The molecular weight excluding hydrogens is 564 g/mol. The van der Waals surface area contributed by atoms with Crippen molar-refractivity contribution in [2.24, 2.45) is 0 Å². The van der Waals surface area contributed by atoms with Gasteiger partial charge in [-0.1, -0.05) is 182 Å².